The van der Waals surface area contributed by atoms with Gasteiger partial charge in [0.1, 0.15) is 5.75 Å². The number of carbonyl (C=O) groups is 1. The van der Waals surface area contributed by atoms with Crippen LogP contribution in [-0.2, 0) is 6.54 Å². The average molecular weight is 340 g/mol. The molecule has 0 aliphatic rings. The fourth-order valence-corrected chi connectivity index (χ4v) is 3.04. The van der Waals surface area contributed by atoms with Gasteiger partial charge in [-0.15, -0.1) is 11.3 Å². The Morgan fingerprint density at radius 1 is 1.42 bits per heavy atom. The molecule has 0 spiro atoms. The van der Waals surface area contributed by atoms with Crippen LogP contribution in [-0.4, -0.2) is 12.5 Å². The normalized spacial score (nSPS) is 10.2. The first-order valence-corrected chi connectivity index (χ1v) is 7.61. The van der Waals surface area contributed by atoms with E-state index in [0.717, 1.165) is 9.35 Å². The largest absolute Gasteiger partial charge is 0.493 e. The molecule has 3 nitrogen and oxygen atoms in total. The van der Waals surface area contributed by atoms with Gasteiger partial charge in [-0.2, -0.15) is 0 Å². The van der Waals surface area contributed by atoms with Gasteiger partial charge in [0.05, 0.1) is 18.7 Å². The summed E-state index contributed by atoms with van der Waals surface area (Å²) in [6.45, 7) is 2.97. The topological polar surface area (TPSA) is 38.3 Å². The highest BCUT2D eigenvalue weighted by molar-refractivity contribution is 9.10. The van der Waals surface area contributed by atoms with Gasteiger partial charge >= 0.3 is 0 Å². The monoisotopic (exact) mass is 339 g/mol. The number of rotatable bonds is 5. The average Bonchev–Trinajstić information content (AvgIpc) is 2.83. The minimum atomic E-state index is -0.117. The standard InChI is InChI=1S/C14H14BrNO2S/c1-2-18-13-6-4-3-5-12(13)14(17)16-8-11-7-10(15)9-19-11/h3-7,9H,2,8H2,1H3,(H,16,17). The van der Waals surface area contributed by atoms with E-state index in [9.17, 15) is 4.79 Å². The number of hydrogen-bond acceptors (Lipinski definition) is 3. The zero-order valence-electron chi connectivity index (χ0n) is 10.5. The zero-order valence-corrected chi connectivity index (χ0v) is 12.9. The quantitative estimate of drug-likeness (QED) is 0.898. The molecular weight excluding hydrogens is 326 g/mol. The second-order valence-electron chi connectivity index (χ2n) is 3.84. The molecule has 0 unspecified atom stereocenters. The Bertz CT molecular complexity index is 568. The third kappa shape index (κ3) is 3.81. The molecule has 1 heterocycles. The number of amides is 1. The van der Waals surface area contributed by atoms with E-state index in [4.69, 9.17) is 4.74 Å². The number of halogens is 1. The second-order valence-corrected chi connectivity index (χ2v) is 5.75. The third-order valence-electron chi connectivity index (χ3n) is 2.48. The van der Waals surface area contributed by atoms with E-state index in [2.05, 4.69) is 21.2 Å². The molecule has 0 saturated heterocycles. The molecule has 19 heavy (non-hydrogen) atoms. The Labute approximate surface area is 124 Å². The van der Waals surface area contributed by atoms with Gasteiger partial charge in [0, 0.05) is 14.7 Å². The zero-order chi connectivity index (χ0) is 13.7. The van der Waals surface area contributed by atoms with Crippen LogP contribution in [0.1, 0.15) is 22.2 Å². The maximum absolute atomic E-state index is 12.1. The number of para-hydroxylation sites is 1. The molecule has 0 bridgehead atoms. The van der Waals surface area contributed by atoms with E-state index < -0.39 is 0 Å². The van der Waals surface area contributed by atoms with Gasteiger partial charge in [-0.1, -0.05) is 12.1 Å². The Kier molecular flexibility index (Phi) is 4.99. The number of hydrogen-bond donors (Lipinski definition) is 1. The lowest BCUT2D eigenvalue weighted by Crippen LogP contribution is -2.23. The molecule has 1 aromatic carbocycles. The SMILES string of the molecule is CCOc1ccccc1C(=O)NCc1cc(Br)cs1. The maximum atomic E-state index is 12.1. The molecule has 0 aliphatic carbocycles. The molecule has 1 aromatic heterocycles. The van der Waals surface area contributed by atoms with Crippen LogP contribution < -0.4 is 10.1 Å². The van der Waals surface area contributed by atoms with Gasteiger partial charge in [0.15, 0.2) is 0 Å². The van der Waals surface area contributed by atoms with E-state index in [-0.39, 0.29) is 5.91 Å². The number of benzene rings is 1. The second kappa shape index (κ2) is 6.73. The molecule has 0 atom stereocenters. The van der Waals surface area contributed by atoms with Crippen LogP contribution >= 0.6 is 27.3 Å². The van der Waals surface area contributed by atoms with Crippen molar-refractivity contribution in [1.29, 1.82) is 0 Å². The Balaban J connectivity index is 2.03. The molecule has 2 aromatic rings. The van der Waals surface area contributed by atoms with Gasteiger partial charge in [-0.3, -0.25) is 4.79 Å². The smallest absolute Gasteiger partial charge is 0.255 e. The van der Waals surface area contributed by atoms with E-state index in [1.54, 1.807) is 23.5 Å². The molecule has 0 radical (unpaired) electrons. The van der Waals surface area contributed by atoms with Crippen LogP contribution in [0.2, 0.25) is 0 Å². The molecule has 1 amide bonds. The summed E-state index contributed by atoms with van der Waals surface area (Å²) in [6, 6.07) is 9.27. The summed E-state index contributed by atoms with van der Waals surface area (Å²) >= 11 is 5.00. The van der Waals surface area contributed by atoms with Gasteiger partial charge in [-0.25, -0.2) is 0 Å². The highest BCUT2D eigenvalue weighted by atomic mass is 79.9. The molecule has 0 saturated carbocycles. The third-order valence-corrected chi connectivity index (χ3v) is 4.17. The highest BCUT2D eigenvalue weighted by Gasteiger charge is 2.11. The molecular formula is C14H14BrNO2S. The van der Waals surface area contributed by atoms with Crippen molar-refractivity contribution >= 4 is 33.2 Å². The van der Waals surface area contributed by atoms with Crippen LogP contribution in [0.25, 0.3) is 0 Å². The van der Waals surface area contributed by atoms with E-state index >= 15 is 0 Å². The maximum Gasteiger partial charge on any atom is 0.255 e. The Hall–Kier alpha value is -1.33. The first-order valence-electron chi connectivity index (χ1n) is 5.93. The van der Waals surface area contributed by atoms with Crippen molar-refractivity contribution in [1.82, 2.24) is 5.32 Å². The first kappa shape index (κ1) is 14.1. The van der Waals surface area contributed by atoms with Crippen LogP contribution in [0.5, 0.6) is 5.75 Å². The molecule has 0 fully saturated rings. The lowest BCUT2D eigenvalue weighted by molar-refractivity contribution is 0.0947. The lowest BCUT2D eigenvalue weighted by Gasteiger charge is -2.09. The molecule has 0 aliphatic heterocycles. The van der Waals surface area contributed by atoms with Gasteiger partial charge in [0.25, 0.3) is 5.91 Å². The number of thiophene rings is 1. The Morgan fingerprint density at radius 3 is 2.89 bits per heavy atom. The van der Waals surface area contributed by atoms with Crippen LogP contribution in [0.3, 0.4) is 0 Å². The lowest BCUT2D eigenvalue weighted by atomic mass is 10.2. The summed E-state index contributed by atoms with van der Waals surface area (Å²) in [5.41, 5.74) is 0.569. The van der Waals surface area contributed by atoms with Crippen molar-refractivity contribution in [3.8, 4) is 5.75 Å². The van der Waals surface area contributed by atoms with Crippen molar-refractivity contribution in [3.05, 3.63) is 50.6 Å². The highest BCUT2D eigenvalue weighted by Crippen LogP contribution is 2.21. The molecule has 100 valence electrons. The Morgan fingerprint density at radius 2 is 2.21 bits per heavy atom. The predicted octanol–water partition coefficient (Wildman–Crippen LogP) is 3.84. The summed E-state index contributed by atoms with van der Waals surface area (Å²) in [5, 5.41) is 4.89. The van der Waals surface area contributed by atoms with Crippen molar-refractivity contribution in [2.45, 2.75) is 13.5 Å². The summed E-state index contributed by atoms with van der Waals surface area (Å²) in [5.74, 6) is 0.503. The van der Waals surface area contributed by atoms with E-state index in [1.807, 2.05) is 30.5 Å². The fourth-order valence-electron chi connectivity index (χ4n) is 1.64. The van der Waals surface area contributed by atoms with Crippen molar-refractivity contribution in [3.63, 3.8) is 0 Å². The number of ether oxygens (including phenoxy) is 1. The molecule has 5 heteroatoms. The molecule has 1 N–H and O–H groups in total. The van der Waals surface area contributed by atoms with E-state index in [1.165, 1.54) is 0 Å². The van der Waals surface area contributed by atoms with Crippen LogP contribution in [0.15, 0.2) is 40.2 Å². The number of carbonyl (C=O) groups excluding carboxylic acids is 1. The van der Waals surface area contributed by atoms with Gasteiger partial charge in [0.2, 0.25) is 0 Å². The number of nitrogens with one attached hydrogen (secondary N) is 1. The molecule has 2 rings (SSSR count). The fraction of sp³-hybridized carbons (Fsp3) is 0.214. The van der Waals surface area contributed by atoms with Gasteiger partial charge in [-0.05, 0) is 41.1 Å². The van der Waals surface area contributed by atoms with E-state index in [0.29, 0.717) is 24.5 Å². The van der Waals surface area contributed by atoms with Crippen molar-refractivity contribution < 1.29 is 9.53 Å². The predicted molar refractivity (Wildman–Crippen MR) is 80.8 cm³/mol. The van der Waals surface area contributed by atoms with Crippen LogP contribution in [0, 0.1) is 0 Å². The summed E-state index contributed by atoms with van der Waals surface area (Å²) in [4.78, 5) is 13.2. The summed E-state index contributed by atoms with van der Waals surface area (Å²) < 4.78 is 6.49. The minimum absolute atomic E-state index is 0.117. The van der Waals surface area contributed by atoms with Crippen molar-refractivity contribution in [2.24, 2.45) is 0 Å². The van der Waals surface area contributed by atoms with Gasteiger partial charge < -0.3 is 10.1 Å². The first-order chi connectivity index (χ1) is 9.20. The van der Waals surface area contributed by atoms with Crippen molar-refractivity contribution in [2.75, 3.05) is 6.61 Å². The minimum Gasteiger partial charge on any atom is -0.493 e. The summed E-state index contributed by atoms with van der Waals surface area (Å²) in [7, 11) is 0. The van der Waals surface area contributed by atoms with Crippen LogP contribution in [0.4, 0.5) is 0 Å². The summed E-state index contributed by atoms with van der Waals surface area (Å²) in [6.07, 6.45) is 0.